The van der Waals surface area contributed by atoms with E-state index in [1.54, 1.807) is 0 Å². The van der Waals surface area contributed by atoms with Crippen LogP contribution in [0.3, 0.4) is 0 Å². The van der Waals surface area contributed by atoms with E-state index in [4.69, 9.17) is 9.98 Å². The standard InChI is InChI=1S/C33H34N6/c1-5-14-24(15-6-1)28-29(25-16-7-2-8-17-25)37-32(36-28)34-22-13-23-35-33-38-30(26-18-9-3-10-19-26)31(39-33)27-20-11-4-12-21-27/h1-12,14-21,28-31H,13,22-23H2,(H2,34,36,37)(H2,35,38,39)/t28-,29-,30-,31-/m1/s1. The molecule has 39 heavy (non-hydrogen) atoms. The maximum absolute atomic E-state index is 4.85. The van der Waals surface area contributed by atoms with Crippen molar-refractivity contribution in [2.45, 2.75) is 30.6 Å². The summed E-state index contributed by atoms with van der Waals surface area (Å²) >= 11 is 0. The lowest BCUT2D eigenvalue weighted by molar-refractivity contribution is 0.554. The number of nitrogens with zero attached hydrogens (tertiary/aromatic N) is 2. The molecule has 4 atom stereocenters. The Balaban J connectivity index is 1.09. The van der Waals surface area contributed by atoms with Gasteiger partial charge in [-0.05, 0) is 28.7 Å². The molecule has 196 valence electrons. The van der Waals surface area contributed by atoms with Crippen LogP contribution >= 0.6 is 0 Å². The second-order valence-corrected chi connectivity index (χ2v) is 9.94. The van der Waals surface area contributed by atoms with Crippen LogP contribution in [0, 0.1) is 0 Å². The lowest BCUT2D eigenvalue weighted by atomic mass is 9.95. The molecule has 0 amide bonds. The molecule has 0 radical (unpaired) electrons. The minimum absolute atomic E-state index is 0.129. The van der Waals surface area contributed by atoms with Crippen LogP contribution in [0.5, 0.6) is 0 Å². The normalized spacial score (nSPS) is 21.8. The summed E-state index contributed by atoms with van der Waals surface area (Å²) in [6.07, 6.45) is 0.859. The van der Waals surface area contributed by atoms with Gasteiger partial charge in [-0.15, -0.1) is 0 Å². The van der Waals surface area contributed by atoms with Crippen LogP contribution in [0.15, 0.2) is 131 Å². The van der Waals surface area contributed by atoms with E-state index in [1.807, 2.05) is 0 Å². The van der Waals surface area contributed by atoms with Gasteiger partial charge in [0.2, 0.25) is 0 Å². The molecule has 0 spiro atoms. The molecular formula is C33H34N6. The zero-order chi connectivity index (χ0) is 26.3. The van der Waals surface area contributed by atoms with Crippen molar-refractivity contribution in [1.29, 1.82) is 0 Å². The van der Waals surface area contributed by atoms with Crippen LogP contribution in [0.4, 0.5) is 0 Å². The summed E-state index contributed by atoms with van der Waals surface area (Å²) in [5.41, 5.74) is 4.98. The maximum atomic E-state index is 4.85. The summed E-state index contributed by atoms with van der Waals surface area (Å²) < 4.78 is 0. The van der Waals surface area contributed by atoms with Gasteiger partial charge in [0, 0.05) is 13.1 Å². The second kappa shape index (κ2) is 11.9. The fourth-order valence-electron chi connectivity index (χ4n) is 5.39. The number of hydrogen-bond donors (Lipinski definition) is 4. The van der Waals surface area contributed by atoms with Crippen molar-refractivity contribution < 1.29 is 0 Å². The lowest BCUT2D eigenvalue weighted by Gasteiger charge is -2.19. The van der Waals surface area contributed by atoms with E-state index in [0.717, 1.165) is 18.3 Å². The third-order valence-corrected chi connectivity index (χ3v) is 7.33. The van der Waals surface area contributed by atoms with Gasteiger partial charge in [0.1, 0.15) is 0 Å². The predicted octanol–water partition coefficient (Wildman–Crippen LogP) is 5.44. The smallest absolute Gasteiger partial charge is 0.192 e. The third-order valence-electron chi connectivity index (χ3n) is 7.33. The number of aliphatic imine (C=N–C) groups is 2. The summed E-state index contributed by atoms with van der Waals surface area (Å²) in [4.78, 5) is 9.70. The Morgan fingerprint density at radius 1 is 0.385 bits per heavy atom. The number of rotatable bonds is 8. The summed E-state index contributed by atoms with van der Waals surface area (Å²) in [6.45, 7) is 1.39. The predicted molar refractivity (Wildman–Crippen MR) is 158 cm³/mol. The lowest BCUT2D eigenvalue weighted by Crippen LogP contribution is -2.26. The summed E-state index contributed by atoms with van der Waals surface area (Å²) in [7, 11) is 0. The van der Waals surface area contributed by atoms with Crippen molar-refractivity contribution in [3.05, 3.63) is 144 Å². The summed E-state index contributed by atoms with van der Waals surface area (Å²) in [5, 5.41) is 14.5. The minimum atomic E-state index is 0.129. The van der Waals surface area contributed by atoms with Gasteiger partial charge in [-0.1, -0.05) is 121 Å². The second-order valence-electron chi connectivity index (χ2n) is 9.94. The van der Waals surface area contributed by atoms with E-state index in [2.05, 4.69) is 143 Å². The first kappa shape index (κ1) is 24.7. The van der Waals surface area contributed by atoms with Crippen LogP contribution < -0.4 is 21.3 Å². The van der Waals surface area contributed by atoms with Gasteiger partial charge < -0.3 is 21.3 Å². The molecule has 2 heterocycles. The van der Waals surface area contributed by atoms with E-state index >= 15 is 0 Å². The molecule has 0 aromatic heterocycles. The molecule has 0 unspecified atom stereocenters. The first-order valence-electron chi connectivity index (χ1n) is 13.7. The zero-order valence-electron chi connectivity index (χ0n) is 21.9. The Bertz CT molecular complexity index is 1180. The Kier molecular flexibility index (Phi) is 7.52. The Morgan fingerprint density at radius 2 is 0.641 bits per heavy atom. The molecular weight excluding hydrogens is 480 g/mol. The van der Waals surface area contributed by atoms with E-state index in [9.17, 15) is 0 Å². The van der Waals surface area contributed by atoms with Gasteiger partial charge in [0.25, 0.3) is 0 Å². The Morgan fingerprint density at radius 3 is 0.897 bits per heavy atom. The Labute approximate surface area is 230 Å². The third kappa shape index (κ3) is 5.80. The first-order valence-corrected chi connectivity index (χ1v) is 13.7. The molecule has 4 N–H and O–H groups in total. The first-order chi connectivity index (χ1) is 19.3. The van der Waals surface area contributed by atoms with Crippen molar-refractivity contribution in [2.75, 3.05) is 13.1 Å². The SMILES string of the molecule is c1ccc([C@H]2NC(=NCCCN=C3N[C@H](c4ccccc4)[C@@H](c4ccccc4)N3)N[C@@H]2c2ccccc2)cc1. The van der Waals surface area contributed by atoms with Gasteiger partial charge >= 0.3 is 0 Å². The average Bonchev–Trinajstić information content (AvgIpc) is 3.64. The van der Waals surface area contributed by atoms with Gasteiger partial charge in [-0.25, -0.2) is 0 Å². The highest BCUT2D eigenvalue weighted by Gasteiger charge is 2.33. The van der Waals surface area contributed by atoms with E-state index in [1.165, 1.54) is 22.3 Å². The maximum Gasteiger partial charge on any atom is 0.192 e. The molecule has 4 aromatic rings. The van der Waals surface area contributed by atoms with Crippen LogP contribution in [-0.2, 0) is 0 Å². The highest BCUT2D eigenvalue weighted by atomic mass is 15.3. The van der Waals surface area contributed by atoms with Crippen molar-refractivity contribution in [1.82, 2.24) is 21.3 Å². The van der Waals surface area contributed by atoms with Gasteiger partial charge in [0.15, 0.2) is 11.9 Å². The summed E-state index contributed by atoms with van der Waals surface area (Å²) in [6, 6.07) is 42.8. The molecule has 0 aliphatic carbocycles. The molecule has 2 saturated heterocycles. The van der Waals surface area contributed by atoms with Crippen molar-refractivity contribution in [3.8, 4) is 0 Å². The zero-order valence-corrected chi connectivity index (χ0v) is 21.9. The van der Waals surface area contributed by atoms with E-state index in [-0.39, 0.29) is 24.2 Å². The molecule has 2 aliphatic heterocycles. The molecule has 2 fully saturated rings. The van der Waals surface area contributed by atoms with Crippen molar-refractivity contribution in [3.63, 3.8) is 0 Å². The quantitative estimate of drug-likeness (QED) is 0.236. The van der Waals surface area contributed by atoms with Gasteiger partial charge in [-0.3, -0.25) is 9.98 Å². The molecule has 6 heteroatoms. The molecule has 0 bridgehead atoms. The number of guanidine groups is 2. The molecule has 0 saturated carbocycles. The van der Waals surface area contributed by atoms with Gasteiger partial charge in [-0.2, -0.15) is 0 Å². The van der Waals surface area contributed by atoms with Crippen molar-refractivity contribution >= 4 is 11.9 Å². The van der Waals surface area contributed by atoms with Crippen LogP contribution in [0.2, 0.25) is 0 Å². The van der Waals surface area contributed by atoms with Crippen LogP contribution in [-0.4, -0.2) is 25.0 Å². The largest absolute Gasteiger partial charge is 0.347 e. The number of benzene rings is 4. The monoisotopic (exact) mass is 514 g/mol. The molecule has 6 nitrogen and oxygen atoms in total. The Hall–Kier alpha value is -4.58. The fourth-order valence-corrected chi connectivity index (χ4v) is 5.39. The van der Waals surface area contributed by atoms with Gasteiger partial charge in [0.05, 0.1) is 24.2 Å². The number of hydrogen-bond acceptors (Lipinski definition) is 2. The van der Waals surface area contributed by atoms with Crippen LogP contribution in [0.25, 0.3) is 0 Å². The topological polar surface area (TPSA) is 72.8 Å². The number of nitrogens with one attached hydrogen (secondary N) is 4. The van der Waals surface area contributed by atoms with E-state index < -0.39 is 0 Å². The summed E-state index contributed by atoms with van der Waals surface area (Å²) in [5.74, 6) is 1.69. The molecule has 4 aromatic carbocycles. The highest BCUT2D eigenvalue weighted by molar-refractivity contribution is 5.84. The minimum Gasteiger partial charge on any atom is -0.347 e. The van der Waals surface area contributed by atoms with E-state index in [0.29, 0.717) is 13.1 Å². The fraction of sp³-hybridized carbons (Fsp3) is 0.212. The van der Waals surface area contributed by atoms with Crippen molar-refractivity contribution in [2.24, 2.45) is 9.98 Å². The molecule has 2 aliphatic rings. The highest BCUT2D eigenvalue weighted by Crippen LogP contribution is 2.33. The molecule has 6 rings (SSSR count). The van der Waals surface area contributed by atoms with Crippen LogP contribution in [0.1, 0.15) is 52.8 Å². The average molecular weight is 515 g/mol.